The summed E-state index contributed by atoms with van der Waals surface area (Å²) < 4.78 is 49.3. The number of hydrogen-bond acceptors (Lipinski definition) is 2. The van der Waals surface area contributed by atoms with Crippen molar-refractivity contribution in [1.29, 1.82) is 0 Å². The molecule has 0 saturated heterocycles. The maximum atomic E-state index is 14.1. The molecular formula is C26H19ClF3NO3. The first kappa shape index (κ1) is 23.4. The number of halogens is 4. The Bertz CT molecular complexity index is 1410. The average molecular weight is 486 g/mol. The second kappa shape index (κ2) is 9.27. The van der Waals surface area contributed by atoms with Crippen molar-refractivity contribution in [1.82, 2.24) is 4.57 Å². The van der Waals surface area contributed by atoms with E-state index in [-0.39, 0.29) is 11.3 Å². The first-order valence-corrected chi connectivity index (χ1v) is 10.6. The van der Waals surface area contributed by atoms with Crippen LogP contribution < -0.4 is 4.74 Å². The van der Waals surface area contributed by atoms with E-state index in [1.54, 1.807) is 49.4 Å². The van der Waals surface area contributed by atoms with E-state index < -0.39 is 35.6 Å². The van der Waals surface area contributed by atoms with E-state index in [1.807, 2.05) is 17.6 Å². The summed E-state index contributed by atoms with van der Waals surface area (Å²) in [5.41, 5.74) is 2.80. The maximum Gasteiger partial charge on any atom is 0.336 e. The maximum absolute atomic E-state index is 14.1. The van der Waals surface area contributed by atoms with E-state index in [0.29, 0.717) is 33.6 Å². The van der Waals surface area contributed by atoms with Crippen molar-refractivity contribution in [3.8, 4) is 22.7 Å². The summed E-state index contributed by atoms with van der Waals surface area (Å²) in [6.45, 7) is 3.02. The van der Waals surface area contributed by atoms with Crippen LogP contribution in [0.25, 0.3) is 16.9 Å². The van der Waals surface area contributed by atoms with Crippen molar-refractivity contribution in [3.63, 3.8) is 0 Å². The summed E-state index contributed by atoms with van der Waals surface area (Å²) in [6, 6.07) is 15.0. The topological polar surface area (TPSA) is 51.5 Å². The predicted octanol–water partition coefficient (Wildman–Crippen LogP) is 7.11. The van der Waals surface area contributed by atoms with Gasteiger partial charge in [0.25, 0.3) is 0 Å². The molecular weight excluding hydrogens is 467 g/mol. The third kappa shape index (κ3) is 4.39. The van der Waals surface area contributed by atoms with Crippen molar-refractivity contribution >= 4 is 17.6 Å². The summed E-state index contributed by atoms with van der Waals surface area (Å²) in [5, 5.41) is 9.93. The fraction of sp³-hybridized carbons (Fsp3) is 0.115. The Morgan fingerprint density at radius 3 is 2.44 bits per heavy atom. The van der Waals surface area contributed by atoms with Gasteiger partial charge in [-0.1, -0.05) is 17.7 Å². The smallest absolute Gasteiger partial charge is 0.336 e. The van der Waals surface area contributed by atoms with Crippen LogP contribution in [-0.4, -0.2) is 15.6 Å². The first-order valence-electron chi connectivity index (χ1n) is 10.2. The quantitative estimate of drug-likeness (QED) is 0.296. The fourth-order valence-electron chi connectivity index (χ4n) is 3.75. The number of aromatic carboxylic acids is 1. The van der Waals surface area contributed by atoms with Gasteiger partial charge in [0.2, 0.25) is 0 Å². The van der Waals surface area contributed by atoms with Crippen LogP contribution in [0.3, 0.4) is 0 Å². The van der Waals surface area contributed by atoms with Gasteiger partial charge in [-0.15, -0.1) is 0 Å². The van der Waals surface area contributed by atoms with Crippen molar-refractivity contribution in [2.24, 2.45) is 0 Å². The number of hydrogen-bond donors (Lipinski definition) is 1. The molecule has 4 nitrogen and oxygen atoms in total. The largest absolute Gasteiger partial charge is 0.488 e. The second-order valence-corrected chi connectivity index (χ2v) is 8.19. The molecule has 0 aliphatic rings. The van der Waals surface area contributed by atoms with Crippen molar-refractivity contribution in [3.05, 3.63) is 106 Å². The number of rotatable bonds is 6. The fourth-order valence-corrected chi connectivity index (χ4v) is 3.92. The zero-order valence-corrected chi connectivity index (χ0v) is 19.0. The van der Waals surface area contributed by atoms with Crippen LogP contribution in [-0.2, 0) is 6.61 Å². The predicted molar refractivity (Wildman–Crippen MR) is 123 cm³/mol. The lowest BCUT2D eigenvalue weighted by molar-refractivity contribution is 0.0696. The molecule has 0 spiro atoms. The summed E-state index contributed by atoms with van der Waals surface area (Å²) in [5.74, 6) is -4.19. The van der Waals surface area contributed by atoms with E-state index in [9.17, 15) is 23.1 Å². The summed E-state index contributed by atoms with van der Waals surface area (Å²) in [7, 11) is 0. The van der Waals surface area contributed by atoms with Crippen LogP contribution in [0.5, 0.6) is 5.75 Å². The summed E-state index contributed by atoms with van der Waals surface area (Å²) in [4.78, 5) is 11.6. The zero-order valence-electron chi connectivity index (χ0n) is 18.2. The molecule has 8 heteroatoms. The molecule has 0 saturated carbocycles. The molecule has 0 aliphatic carbocycles. The molecule has 0 atom stereocenters. The van der Waals surface area contributed by atoms with Crippen LogP contribution in [0.4, 0.5) is 13.2 Å². The Kier molecular flexibility index (Phi) is 6.39. The molecule has 0 aliphatic heterocycles. The van der Waals surface area contributed by atoms with E-state index in [2.05, 4.69) is 0 Å². The van der Waals surface area contributed by atoms with Crippen molar-refractivity contribution in [2.75, 3.05) is 0 Å². The average Bonchev–Trinajstić information content (AvgIpc) is 3.18. The Morgan fingerprint density at radius 1 is 0.971 bits per heavy atom. The first-order chi connectivity index (χ1) is 16.2. The number of carbonyl (C=O) groups is 1. The van der Waals surface area contributed by atoms with E-state index in [4.69, 9.17) is 16.3 Å². The normalized spacial score (nSPS) is 11.0. The number of nitrogens with zero attached hydrogens (tertiary/aromatic N) is 1. The standard InChI is InChI=1S/C26H19ClF3NO3/c1-14-3-6-17(12-18(14)26(32)33)31-15(2)4-9-23(31)19-11-16(27)5-10-24(19)34-13-20-21(28)7-8-22(29)25(20)30/h3-12H,13H2,1-2H3,(H,32,33). The van der Waals surface area contributed by atoms with Crippen LogP contribution in [0.1, 0.15) is 27.2 Å². The van der Waals surface area contributed by atoms with E-state index in [1.165, 1.54) is 0 Å². The van der Waals surface area contributed by atoms with Gasteiger partial charge in [0, 0.05) is 22.0 Å². The summed E-state index contributed by atoms with van der Waals surface area (Å²) in [6.07, 6.45) is 0. The van der Waals surface area contributed by atoms with Crippen molar-refractivity contribution in [2.45, 2.75) is 20.5 Å². The highest BCUT2D eigenvalue weighted by molar-refractivity contribution is 6.31. The molecule has 0 unspecified atom stereocenters. The SMILES string of the molecule is Cc1ccc(-n2c(C)ccc2-c2cc(Cl)ccc2OCc2c(F)ccc(F)c2F)cc1C(=O)O. The number of ether oxygens (including phenoxy) is 1. The molecule has 0 amide bonds. The molecule has 174 valence electrons. The van der Waals surface area contributed by atoms with Gasteiger partial charge in [-0.05, 0) is 74.0 Å². The minimum Gasteiger partial charge on any atom is -0.488 e. The molecule has 0 bridgehead atoms. The lowest BCUT2D eigenvalue weighted by atomic mass is 10.1. The molecule has 1 heterocycles. The van der Waals surface area contributed by atoms with Crippen LogP contribution in [0.2, 0.25) is 5.02 Å². The summed E-state index contributed by atoms with van der Waals surface area (Å²) >= 11 is 6.24. The molecule has 3 aromatic carbocycles. The van der Waals surface area contributed by atoms with Gasteiger partial charge in [-0.2, -0.15) is 0 Å². The Morgan fingerprint density at radius 2 is 1.71 bits per heavy atom. The minimum absolute atomic E-state index is 0.163. The number of aryl methyl sites for hydroxylation is 2. The second-order valence-electron chi connectivity index (χ2n) is 7.75. The van der Waals surface area contributed by atoms with Crippen LogP contribution in [0, 0.1) is 31.3 Å². The zero-order chi connectivity index (χ0) is 24.6. The minimum atomic E-state index is -1.31. The van der Waals surface area contributed by atoms with Gasteiger partial charge in [0.1, 0.15) is 18.2 Å². The van der Waals surface area contributed by atoms with Gasteiger partial charge in [-0.3, -0.25) is 0 Å². The highest BCUT2D eigenvalue weighted by Gasteiger charge is 2.19. The number of aromatic nitrogens is 1. The lowest BCUT2D eigenvalue weighted by Gasteiger charge is -2.17. The highest BCUT2D eigenvalue weighted by atomic mass is 35.5. The Balaban J connectivity index is 1.79. The monoisotopic (exact) mass is 485 g/mol. The van der Waals surface area contributed by atoms with E-state index in [0.717, 1.165) is 11.8 Å². The van der Waals surface area contributed by atoms with Gasteiger partial charge in [-0.25, -0.2) is 18.0 Å². The molecule has 1 aromatic heterocycles. The third-order valence-corrected chi connectivity index (χ3v) is 5.75. The molecule has 0 radical (unpaired) electrons. The Labute approximate surface area is 198 Å². The molecule has 0 fully saturated rings. The molecule has 4 rings (SSSR count). The lowest BCUT2D eigenvalue weighted by Crippen LogP contribution is -2.06. The molecule has 34 heavy (non-hydrogen) atoms. The highest BCUT2D eigenvalue weighted by Crippen LogP contribution is 2.36. The van der Waals surface area contributed by atoms with Gasteiger partial charge in [0.15, 0.2) is 11.6 Å². The van der Waals surface area contributed by atoms with Gasteiger partial charge < -0.3 is 14.4 Å². The molecule has 4 aromatic rings. The Hall–Kier alpha value is -3.71. The molecule has 1 N–H and O–H groups in total. The number of carboxylic acids is 1. The number of carboxylic acid groups (broad SMARTS) is 1. The van der Waals surface area contributed by atoms with Gasteiger partial charge >= 0.3 is 5.97 Å². The van der Waals surface area contributed by atoms with Crippen LogP contribution in [0.15, 0.2) is 60.7 Å². The van der Waals surface area contributed by atoms with E-state index >= 15 is 0 Å². The van der Waals surface area contributed by atoms with Gasteiger partial charge in [0.05, 0.1) is 16.8 Å². The van der Waals surface area contributed by atoms with Crippen LogP contribution >= 0.6 is 11.6 Å². The number of benzene rings is 3. The van der Waals surface area contributed by atoms with Crippen molar-refractivity contribution < 1.29 is 27.8 Å². The third-order valence-electron chi connectivity index (χ3n) is 5.51.